The van der Waals surface area contributed by atoms with Crippen molar-refractivity contribution in [2.45, 2.75) is 12.7 Å². The summed E-state index contributed by atoms with van der Waals surface area (Å²) in [5.41, 5.74) is 8.33. The Balaban J connectivity index is 1.65. The van der Waals surface area contributed by atoms with Gasteiger partial charge in [-0.3, -0.25) is 5.41 Å². The van der Waals surface area contributed by atoms with E-state index in [1.54, 1.807) is 42.5 Å². The van der Waals surface area contributed by atoms with Gasteiger partial charge >= 0.3 is 6.18 Å². The van der Waals surface area contributed by atoms with Crippen molar-refractivity contribution >= 4 is 11.5 Å². The third kappa shape index (κ3) is 5.41. The normalized spacial score (nSPS) is 11.0. The van der Waals surface area contributed by atoms with E-state index in [1.807, 2.05) is 6.07 Å². The van der Waals surface area contributed by atoms with E-state index in [1.165, 1.54) is 12.1 Å². The lowest BCUT2D eigenvalue weighted by Crippen LogP contribution is -2.04. The number of ether oxygens (including phenoxy) is 1. The summed E-state index contributed by atoms with van der Waals surface area (Å²) < 4.78 is 44.1. The standard InChI is InChI=1S/C21H17F3N4O/c22-21(23,24)16-4-2-6-19(12-16)29-18-5-1-3-14(11-18)13-27-17-9-7-15(8-10-17)20(25)28-26/h1-12,25-27H,13H2. The Bertz CT molecular complexity index is 1020. The van der Waals surface area contributed by atoms with Crippen molar-refractivity contribution in [1.82, 2.24) is 0 Å². The van der Waals surface area contributed by atoms with E-state index in [9.17, 15) is 13.2 Å². The van der Waals surface area contributed by atoms with E-state index in [0.717, 1.165) is 23.4 Å². The SMILES string of the molecule is N=NC(=N)c1ccc(NCc2cccc(Oc3cccc(C(F)(F)F)c3)c2)cc1. The smallest absolute Gasteiger partial charge is 0.416 e. The molecule has 3 aromatic carbocycles. The molecule has 0 aliphatic carbocycles. The Kier molecular flexibility index (Phi) is 5.92. The zero-order valence-electron chi connectivity index (χ0n) is 15.1. The number of rotatable bonds is 6. The van der Waals surface area contributed by atoms with Gasteiger partial charge in [-0.15, -0.1) is 5.11 Å². The molecule has 0 spiro atoms. The van der Waals surface area contributed by atoms with Gasteiger partial charge in [0, 0.05) is 17.8 Å². The molecule has 0 aliphatic heterocycles. The number of nitrogens with zero attached hydrogens (tertiary/aromatic N) is 1. The molecule has 0 fully saturated rings. The molecule has 0 amide bonds. The van der Waals surface area contributed by atoms with E-state index in [0.29, 0.717) is 17.9 Å². The van der Waals surface area contributed by atoms with Crippen molar-refractivity contribution in [3.05, 3.63) is 89.5 Å². The molecule has 3 aromatic rings. The van der Waals surface area contributed by atoms with Crippen LogP contribution in [0.2, 0.25) is 0 Å². The molecule has 0 unspecified atom stereocenters. The molecule has 29 heavy (non-hydrogen) atoms. The van der Waals surface area contributed by atoms with Crippen LogP contribution in [-0.4, -0.2) is 5.84 Å². The van der Waals surface area contributed by atoms with Gasteiger partial charge in [-0.2, -0.15) is 13.2 Å². The van der Waals surface area contributed by atoms with Crippen LogP contribution in [0.15, 0.2) is 77.9 Å². The maximum Gasteiger partial charge on any atom is 0.416 e. The maximum absolute atomic E-state index is 12.8. The monoisotopic (exact) mass is 398 g/mol. The van der Waals surface area contributed by atoms with E-state index in [-0.39, 0.29) is 11.6 Å². The van der Waals surface area contributed by atoms with Crippen LogP contribution in [0.4, 0.5) is 18.9 Å². The highest BCUT2D eigenvalue weighted by Crippen LogP contribution is 2.32. The van der Waals surface area contributed by atoms with Crippen LogP contribution < -0.4 is 10.1 Å². The second-order valence-electron chi connectivity index (χ2n) is 6.17. The number of alkyl halides is 3. The van der Waals surface area contributed by atoms with Gasteiger partial charge in [0.25, 0.3) is 0 Å². The summed E-state index contributed by atoms with van der Waals surface area (Å²) in [7, 11) is 0. The molecule has 5 nitrogen and oxygen atoms in total. The molecule has 0 saturated carbocycles. The van der Waals surface area contributed by atoms with Gasteiger partial charge in [-0.05, 0) is 60.2 Å². The van der Waals surface area contributed by atoms with Gasteiger partial charge in [0.05, 0.1) is 5.56 Å². The summed E-state index contributed by atoms with van der Waals surface area (Å²) in [6.07, 6.45) is -4.42. The molecule has 8 heteroatoms. The summed E-state index contributed by atoms with van der Waals surface area (Å²) in [6.45, 7) is 0.472. The number of hydrogen-bond acceptors (Lipinski definition) is 4. The first-order valence-electron chi connectivity index (χ1n) is 8.59. The lowest BCUT2D eigenvalue weighted by Gasteiger charge is -2.11. The first-order chi connectivity index (χ1) is 13.8. The Labute approximate surface area is 165 Å². The first kappa shape index (κ1) is 20.1. The lowest BCUT2D eigenvalue weighted by atomic mass is 10.1. The number of hydrogen-bond donors (Lipinski definition) is 3. The molecule has 148 valence electrons. The van der Waals surface area contributed by atoms with Crippen molar-refractivity contribution in [1.29, 1.82) is 10.9 Å². The van der Waals surface area contributed by atoms with Crippen LogP contribution >= 0.6 is 0 Å². The van der Waals surface area contributed by atoms with Crippen molar-refractivity contribution in [2.75, 3.05) is 5.32 Å². The van der Waals surface area contributed by atoms with Crippen LogP contribution in [0.3, 0.4) is 0 Å². The van der Waals surface area contributed by atoms with Crippen LogP contribution in [0.1, 0.15) is 16.7 Å². The van der Waals surface area contributed by atoms with Crippen molar-refractivity contribution < 1.29 is 17.9 Å². The van der Waals surface area contributed by atoms with E-state index >= 15 is 0 Å². The van der Waals surface area contributed by atoms with Gasteiger partial charge in [-0.1, -0.05) is 18.2 Å². The third-order valence-corrected chi connectivity index (χ3v) is 4.06. The van der Waals surface area contributed by atoms with Gasteiger partial charge in [0.2, 0.25) is 0 Å². The fourth-order valence-electron chi connectivity index (χ4n) is 2.61. The van der Waals surface area contributed by atoms with Crippen molar-refractivity contribution in [3.63, 3.8) is 0 Å². The Hall–Kier alpha value is -3.68. The number of halogens is 3. The molecule has 0 bridgehead atoms. The molecule has 0 aromatic heterocycles. The highest BCUT2D eigenvalue weighted by molar-refractivity contribution is 5.96. The van der Waals surface area contributed by atoms with Gasteiger partial charge in [-0.25, -0.2) is 5.53 Å². The second kappa shape index (κ2) is 8.55. The van der Waals surface area contributed by atoms with E-state index in [4.69, 9.17) is 15.7 Å². The number of nitrogens with one attached hydrogen (secondary N) is 3. The van der Waals surface area contributed by atoms with Gasteiger partial charge in [0.15, 0.2) is 5.84 Å². The van der Waals surface area contributed by atoms with Crippen LogP contribution in [0, 0.1) is 10.9 Å². The van der Waals surface area contributed by atoms with Crippen LogP contribution in [0.5, 0.6) is 11.5 Å². The topological polar surface area (TPSA) is 81.3 Å². The highest BCUT2D eigenvalue weighted by Gasteiger charge is 2.30. The lowest BCUT2D eigenvalue weighted by molar-refractivity contribution is -0.137. The summed E-state index contributed by atoms with van der Waals surface area (Å²) >= 11 is 0. The fraction of sp³-hybridized carbons (Fsp3) is 0.0952. The zero-order valence-corrected chi connectivity index (χ0v) is 15.1. The average molecular weight is 398 g/mol. The highest BCUT2D eigenvalue weighted by atomic mass is 19.4. The molecule has 0 heterocycles. The quantitative estimate of drug-likeness (QED) is 0.253. The summed E-state index contributed by atoms with van der Waals surface area (Å²) in [4.78, 5) is 0. The third-order valence-electron chi connectivity index (χ3n) is 4.06. The fourth-order valence-corrected chi connectivity index (χ4v) is 2.61. The number of anilines is 1. The van der Waals surface area contributed by atoms with Gasteiger partial charge in [0.1, 0.15) is 11.5 Å². The van der Waals surface area contributed by atoms with Crippen LogP contribution in [0.25, 0.3) is 0 Å². The Morgan fingerprint density at radius 1 is 0.931 bits per heavy atom. The molecule has 0 aliphatic rings. The number of amidine groups is 1. The zero-order chi connectivity index (χ0) is 20.9. The molecule has 0 saturated heterocycles. The Morgan fingerprint density at radius 3 is 2.24 bits per heavy atom. The average Bonchev–Trinajstić information content (AvgIpc) is 2.72. The van der Waals surface area contributed by atoms with Crippen LogP contribution in [-0.2, 0) is 12.7 Å². The van der Waals surface area contributed by atoms with Crippen molar-refractivity contribution in [2.24, 2.45) is 5.11 Å². The molecule has 0 radical (unpaired) electrons. The molecular weight excluding hydrogens is 381 g/mol. The largest absolute Gasteiger partial charge is 0.457 e. The minimum Gasteiger partial charge on any atom is -0.457 e. The summed E-state index contributed by atoms with van der Waals surface area (Å²) in [5.74, 6) is 0.434. The Morgan fingerprint density at radius 2 is 1.59 bits per heavy atom. The van der Waals surface area contributed by atoms with E-state index in [2.05, 4.69) is 10.4 Å². The van der Waals surface area contributed by atoms with Crippen molar-refractivity contribution in [3.8, 4) is 11.5 Å². The summed E-state index contributed by atoms with van der Waals surface area (Å²) in [6, 6.07) is 18.7. The molecule has 0 atom stereocenters. The molecular formula is C21H17F3N4O. The first-order valence-corrected chi connectivity index (χ1v) is 8.59. The predicted molar refractivity (Wildman–Crippen MR) is 104 cm³/mol. The second-order valence-corrected chi connectivity index (χ2v) is 6.17. The van der Waals surface area contributed by atoms with Gasteiger partial charge < -0.3 is 10.1 Å². The molecule has 3 rings (SSSR count). The predicted octanol–water partition coefficient (Wildman–Crippen LogP) is 6.47. The number of benzene rings is 3. The minimum atomic E-state index is -4.42. The molecule has 3 N–H and O–H groups in total. The minimum absolute atomic E-state index is 0.114. The summed E-state index contributed by atoms with van der Waals surface area (Å²) in [5, 5.41) is 13.8. The maximum atomic E-state index is 12.8. The van der Waals surface area contributed by atoms with E-state index < -0.39 is 11.7 Å².